The Balaban J connectivity index is 1.81. The largest absolute Gasteiger partial charge is 0.465 e. The van der Waals surface area contributed by atoms with Crippen LogP contribution in [0.3, 0.4) is 0 Å². The van der Waals surface area contributed by atoms with Gasteiger partial charge in [0.2, 0.25) is 6.29 Å². The first-order chi connectivity index (χ1) is 13.8. The number of benzene rings is 1. The number of aryl methyl sites for hydroxylation is 1. The van der Waals surface area contributed by atoms with Crippen LogP contribution >= 0.6 is 0 Å². The zero-order valence-corrected chi connectivity index (χ0v) is 15.9. The van der Waals surface area contributed by atoms with Gasteiger partial charge in [0.1, 0.15) is 30.2 Å². The van der Waals surface area contributed by atoms with Crippen LogP contribution in [-0.2, 0) is 9.47 Å². The van der Waals surface area contributed by atoms with Crippen molar-refractivity contribution in [1.29, 1.82) is 0 Å². The molecule has 0 saturated carbocycles. The van der Waals surface area contributed by atoms with Crippen molar-refractivity contribution in [3.05, 3.63) is 47.8 Å². The van der Waals surface area contributed by atoms with Gasteiger partial charge in [0, 0.05) is 18.0 Å². The van der Waals surface area contributed by atoms with Crippen LogP contribution in [0.1, 0.15) is 15.9 Å². The number of aromatic nitrogens is 1. The molecule has 1 saturated heterocycles. The lowest BCUT2D eigenvalue weighted by molar-refractivity contribution is -0.277. The second kappa shape index (κ2) is 8.85. The van der Waals surface area contributed by atoms with Crippen LogP contribution < -0.4 is 4.74 Å². The van der Waals surface area contributed by atoms with E-state index >= 15 is 0 Å². The van der Waals surface area contributed by atoms with Gasteiger partial charge in [-0.15, -0.1) is 0 Å². The van der Waals surface area contributed by atoms with Crippen LogP contribution in [0, 0.1) is 6.92 Å². The van der Waals surface area contributed by atoms with E-state index in [2.05, 4.69) is 4.98 Å². The molecule has 2 heterocycles. The number of aliphatic hydroxyl groups is 4. The second-order valence-electron chi connectivity index (χ2n) is 6.75. The topological polar surface area (TPSA) is 139 Å². The Bertz CT molecular complexity index is 871. The number of hydrogen-bond donors (Lipinski definition) is 4. The lowest BCUT2D eigenvalue weighted by Gasteiger charge is -2.39. The number of aliphatic hydroxyl groups excluding tert-OH is 4. The molecule has 1 aromatic heterocycles. The minimum atomic E-state index is -1.52. The van der Waals surface area contributed by atoms with Gasteiger partial charge in [0.15, 0.2) is 0 Å². The van der Waals surface area contributed by atoms with Gasteiger partial charge < -0.3 is 34.6 Å². The van der Waals surface area contributed by atoms with Gasteiger partial charge in [0.25, 0.3) is 0 Å². The molecule has 4 N–H and O–H groups in total. The molecule has 1 aromatic carbocycles. The van der Waals surface area contributed by atoms with Gasteiger partial charge >= 0.3 is 5.97 Å². The molecule has 5 atom stereocenters. The smallest absolute Gasteiger partial charge is 0.339 e. The van der Waals surface area contributed by atoms with Gasteiger partial charge in [-0.1, -0.05) is 6.07 Å². The molecular weight excluding hydrogens is 382 g/mol. The molecule has 9 nitrogen and oxygen atoms in total. The van der Waals surface area contributed by atoms with Crippen molar-refractivity contribution in [3.63, 3.8) is 0 Å². The van der Waals surface area contributed by atoms with Crippen LogP contribution in [0.2, 0.25) is 0 Å². The summed E-state index contributed by atoms with van der Waals surface area (Å²) in [6.45, 7) is 1.24. The third kappa shape index (κ3) is 4.39. The highest BCUT2D eigenvalue weighted by Gasteiger charge is 2.44. The first-order valence-electron chi connectivity index (χ1n) is 8.97. The second-order valence-corrected chi connectivity index (χ2v) is 6.75. The number of carbonyl (C=O) groups is 1. The van der Waals surface area contributed by atoms with Crippen molar-refractivity contribution >= 4 is 5.97 Å². The van der Waals surface area contributed by atoms with E-state index in [0.717, 1.165) is 5.56 Å². The molecule has 1 aliphatic rings. The number of rotatable bonds is 5. The number of pyridine rings is 1. The molecule has 0 spiro atoms. The minimum Gasteiger partial charge on any atom is -0.465 e. The predicted molar refractivity (Wildman–Crippen MR) is 100 cm³/mol. The molecule has 156 valence electrons. The summed E-state index contributed by atoms with van der Waals surface area (Å²) in [5.41, 5.74) is 2.50. The highest BCUT2D eigenvalue weighted by Crippen LogP contribution is 2.30. The fraction of sp³-hybridized carbons (Fsp3) is 0.400. The number of esters is 1. The Morgan fingerprint density at radius 1 is 1.10 bits per heavy atom. The van der Waals surface area contributed by atoms with E-state index in [0.29, 0.717) is 22.4 Å². The molecule has 29 heavy (non-hydrogen) atoms. The Labute approximate surface area is 167 Å². The Hall–Kier alpha value is -2.56. The van der Waals surface area contributed by atoms with E-state index in [1.165, 1.54) is 13.3 Å². The van der Waals surface area contributed by atoms with Crippen molar-refractivity contribution in [2.75, 3.05) is 13.7 Å². The van der Waals surface area contributed by atoms with E-state index in [4.69, 9.17) is 14.2 Å². The van der Waals surface area contributed by atoms with E-state index in [-0.39, 0.29) is 0 Å². The molecule has 0 radical (unpaired) electrons. The fourth-order valence-corrected chi connectivity index (χ4v) is 3.08. The van der Waals surface area contributed by atoms with E-state index in [9.17, 15) is 25.2 Å². The fourth-order valence-electron chi connectivity index (χ4n) is 3.08. The summed E-state index contributed by atoms with van der Waals surface area (Å²) in [6.07, 6.45) is -3.75. The summed E-state index contributed by atoms with van der Waals surface area (Å²) in [7, 11) is 1.30. The highest BCUT2D eigenvalue weighted by molar-refractivity contribution is 5.90. The molecule has 0 bridgehead atoms. The number of hydrogen-bond acceptors (Lipinski definition) is 9. The molecule has 1 fully saturated rings. The van der Waals surface area contributed by atoms with Crippen molar-refractivity contribution in [2.45, 2.75) is 37.6 Å². The third-order valence-electron chi connectivity index (χ3n) is 4.76. The quantitative estimate of drug-likeness (QED) is 0.507. The molecule has 0 aliphatic carbocycles. The van der Waals surface area contributed by atoms with Gasteiger partial charge in [-0.2, -0.15) is 0 Å². The zero-order chi connectivity index (χ0) is 21.1. The van der Waals surface area contributed by atoms with E-state index in [1.807, 2.05) is 0 Å². The van der Waals surface area contributed by atoms with E-state index < -0.39 is 43.3 Å². The molecule has 0 amide bonds. The summed E-state index contributed by atoms with van der Waals surface area (Å²) in [5.74, 6) is -0.103. The maximum Gasteiger partial charge on any atom is 0.339 e. The first kappa shape index (κ1) is 21.2. The van der Waals surface area contributed by atoms with Crippen molar-refractivity contribution in [3.8, 4) is 16.9 Å². The summed E-state index contributed by atoms with van der Waals surface area (Å²) >= 11 is 0. The summed E-state index contributed by atoms with van der Waals surface area (Å²) in [4.78, 5) is 15.8. The number of methoxy groups -OCH3 is 1. The Morgan fingerprint density at radius 3 is 2.52 bits per heavy atom. The Kier molecular flexibility index (Phi) is 6.46. The maximum absolute atomic E-state index is 11.7. The standard InChI is InChI=1S/C20H23NO8/c1-10-5-11(12-6-13(8-21-7-12)19(26)27-2)3-4-14(10)28-20-18(25)17(24)16(23)15(9-22)29-20/h3-8,15-18,20,22-25H,9H2,1-2H3. The number of ether oxygens (including phenoxy) is 3. The van der Waals surface area contributed by atoms with Gasteiger partial charge in [-0.3, -0.25) is 4.98 Å². The lowest BCUT2D eigenvalue weighted by atomic mass is 9.99. The molecule has 1 aliphatic heterocycles. The summed E-state index contributed by atoms with van der Waals surface area (Å²) < 4.78 is 15.7. The zero-order valence-electron chi connectivity index (χ0n) is 15.9. The SMILES string of the molecule is COC(=O)c1cncc(-c2ccc(OC3OC(CO)C(O)C(O)C3O)c(C)c2)c1. The van der Waals surface area contributed by atoms with Crippen molar-refractivity contribution in [1.82, 2.24) is 4.98 Å². The van der Waals surface area contributed by atoms with Gasteiger partial charge in [-0.25, -0.2) is 4.79 Å². The summed E-state index contributed by atoms with van der Waals surface area (Å²) in [5, 5.41) is 39.1. The molecule has 5 unspecified atom stereocenters. The Morgan fingerprint density at radius 2 is 1.86 bits per heavy atom. The normalized spacial score (nSPS) is 26.8. The van der Waals surface area contributed by atoms with Crippen LogP contribution in [0.25, 0.3) is 11.1 Å². The number of nitrogens with zero attached hydrogens (tertiary/aromatic N) is 1. The maximum atomic E-state index is 11.7. The average molecular weight is 405 g/mol. The van der Waals surface area contributed by atoms with Crippen molar-refractivity contribution in [2.24, 2.45) is 0 Å². The van der Waals surface area contributed by atoms with Gasteiger partial charge in [0.05, 0.1) is 19.3 Å². The van der Waals surface area contributed by atoms with Crippen LogP contribution in [0.4, 0.5) is 0 Å². The number of carbonyl (C=O) groups excluding carboxylic acids is 1. The van der Waals surface area contributed by atoms with Crippen LogP contribution in [0.15, 0.2) is 36.7 Å². The molecule has 2 aromatic rings. The minimum absolute atomic E-state index is 0.323. The van der Waals surface area contributed by atoms with Crippen LogP contribution in [0.5, 0.6) is 5.75 Å². The first-order valence-corrected chi connectivity index (χ1v) is 8.97. The summed E-state index contributed by atoms with van der Waals surface area (Å²) in [6, 6.07) is 6.85. The van der Waals surface area contributed by atoms with E-state index in [1.54, 1.807) is 37.4 Å². The highest BCUT2D eigenvalue weighted by atomic mass is 16.7. The van der Waals surface area contributed by atoms with Crippen molar-refractivity contribution < 1.29 is 39.4 Å². The molecule has 9 heteroatoms. The lowest BCUT2D eigenvalue weighted by Crippen LogP contribution is -2.60. The van der Waals surface area contributed by atoms with Crippen LogP contribution in [-0.4, -0.2) is 75.8 Å². The molecule has 3 rings (SSSR count). The third-order valence-corrected chi connectivity index (χ3v) is 4.76. The molecular formula is C20H23NO8. The predicted octanol–water partition coefficient (Wildman–Crippen LogP) is 0.0223. The monoisotopic (exact) mass is 405 g/mol. The van der Waals surface area contributed by atoms with Gasteiger partial charge in [-0.05, 0) is 36.2 Å². The average Bonchev–Trinajstić information content (AvgIpc) is 2.74.